The molecular formula is C16H15Cl2FN4O3S2. The fraction of sp³-hybridized carbons (Fsp3) is 0.312. The summed E-state index contributed by atoms with van der Waals surface area (Å²) in [5.41, 5.74) is 0.753. The first-order chi connectivity index (χ1) is 13.3. The number of nitrogens with one attached hydrogen (secondary N) is 2. The third kappa shape index (κ3) is 4.68. The number of rotatable bonds is 7. The monoisotopic (exact) mass is 464 g/mol. The molecule has 2 heterocycles. The van der Waals surface area contributed by atoms with Crippen LogP contribution in [0.1, 0.15) is 18.0 Å². The van der Waals surface area contributed by atoms with E-state index < -0.39 is 22.6 Å². The quantitative estimate of drug-likeness (QED) is 0.647. The lowest BCUT2D eigenvalue weighted by Gasteiger charge is -2.16. The van der Waals surface area contributed by atoms with Gasteiger partial charge in [-0.05, 0) is 18.6 Å². The van der Waals surface area contributed by atoms with Crippen molar-refractivity contribution >= 4 is 62.3 Å². The number of carbonyl (C=O) groups is 1. The van der Waals surface area contributed by atoms with Crippen molar-refractivity contribution in [1.29, 1.82) is 0 Å². The van der Waals surface area contributed by atoms with E-state index in [9.17, 15) is 17.6 Å². The molecule has 1 aromatic carbocycles. The van der Waals surface area contributed by atoms with Gasteiger partial charge in [0, 0.05) is 16.8 Å². The molecule has 3 rings (SSSR count). The number of sulfonamides is 1. The fourth-order valence-electron chi connectivity index (χ4n) is 2.57. The Morgan fingerprint density at radius 3 is 2.89 bits per heavy atom. The van der Waals surface area contributed by atoms with Crippen LogP contribution >= 0.6 is 35.0 Å². The van der Waals surface area contributed by atoms with Gasteiger partial charge in [-0.3, -0.25) is 13.9 Å². The Morgan fingerprint density at radius 1 is 1.36 bits per heavy atom. The maximum Gasteiger partial charge on any atom is 0.234 e. The van der Waals surface area contributed by atoms with Crippen molar-refractivity contribution in [2.45, 2.75) is 17.2 Å². The molecule has 1 aliphatic heterocycles. The van der Waals surface area contributed by atoms with Crippen molar-refractivity contribution in [2.75, 3.05) is 28.2 Å². The van der Waals surface area contributed by atoms with Crippen LogP contribution in [0.4, 0.5) is 15.8 Å². The third-order valence-electron chi connectivity index (χ3n) is 3.91. The summed E-state index contributed by atoms with van der Waals surface area (Å²) in [5.74, 6) is -0.781. The fourth-order valence-corrected chi connectivity index (χ4v) is 5.37. The first kappa shape index (κ1) is 21.1. The number of hydrogen-bond acceptors (Lipinski definition) is 6. The second-order valence-electron chi connectivity index (χ2n) is 5.87. The largest absolute Gasteiger partial charge is 0.323 e. The topological polar surface area (TPSA) is 101 Å². The predicted molar refractivity (Wildman–Crippen MR) is 109 cm³/mol. The van der Waals surface area contributed by atoms with Gasteiger partial charge in [0.15, 0.2) is 0 Å². The zero-order valence-corrected chi connectivity index (χ0v) is 17.4. The normalized spacial score (nSPS) is 15.9. The van der Waals surface area contributed by atoms with Gasteiger partial charge in [0.1, 0.15) is 6.33 Å². The lowest BCUT2D eigenvalue weighted by Crippen LogP contribution is -2.22. The van der Waals surface area contributed by atoms with Crippen molar-refractivity contribution in [3.8, 4) is 0 Å². The van der Waals surface area contributed by atoms with Gasteiger partial charge in [-0.25, -0.2) is 18.4 Å². The molecule has 1 unspecified atom stereocenters. The number of nitrogens with zero attached hydrogens (tertiary/aromatic N) is 2. The average molecular weight is 465 g/mol. The van der Waals surface area contributed by atoms with Gasteiger partial charge in [-0.1, -0.05) is 23.2 Å². The summed E-state index contributed by atoms with van der Waals surface area (Å²) in [7, 11) is -3.78. The predicted octanol–water partition coefficient (Wildman–Crippen LogP) is 3.71. The molecule has 2 aromatic rings. The van der Waals surface area contributed by atoms with Crippen molar-refractivity contribution in [1.82, 2.24) is 9.97 Å². The molecule has 2 N–H and O–H groups in total. The van der Waals surface area contributed by atoms with Crippen molar-refractivity contribution in [3.63, 3.8) is 0 Å². The molecule has 0 radical (unpaired) electrons. The summed E-state index contributed by atoms with van der Waals surface area (Å²) in [6, 6.07) is 2.79. The van der Waals surface area contributed by atoms with E-state index in [2.05, 4.69) is 20.0 Å². The molecular weight excluding hydrogens is 450 g/mol. The van der Waals surface area contributed by atoms with Crippen LogP contribution in [0.3, 0.4) is 0 Å². The smallest absolute Gasteiger partial charge is 0.234 e. The van der Waals surface area contributed by atoms with Gasteiger partial charge in [-0.15, -0.1) is 11.8 Å². The minimum atomic E-state index is -3.78. The number of carbonyl (C=O) groups excluding carboxylic acids is 1. The van der Waals surface area contributed by atoms with Gasteiger partial charge < -0.3 is 5.32 Å². The van der Waals surface area contributed by atoms with Gasteiger partial charge in [0.2, 0.25) is 15.9 Å². The first-order valence-corrected chi connectivity index (χ1v) is 11.5. The van der Waals surface area contributed by atoms with Crippen LogP contribution < -0.4 is 10.0 Å². The average Bonchev–Trinajstić information content (AvgIpc) is 3.10. The summed E-state index contributed by atoms with van der Waals surface area (Å²) >= 11 is 13.9. The van der Waals surface area contributed by atoms with E-state index in [4.69, 9.17) is 23.2 Å². The molecule has 0 bridgehead atoms. The number of amides is 1. The van der Waals surface area contributed by atoms with Gasteiger partial charge in [0.25, 0.3) is 0 Å². The minimum Gasteiger partial charge on any atom is -0.323 e. The maximum atomic E-state index is 12.7. The zero-order valence-electron chi connectivity index (χ0n) is 14.3. The summed E-state index contributed by atoms with van der Waals surface area (Å²) in [6.07, 6.45) is 2.88. The van der Waals surface area contributed by atoms with Crippen LogP contribution in [0.2, 0.25) is 10.0 Å². The van der Waals surface area contributed by atoms with Crippen LogP contribution in [-0.4, -0.2) is 42.5 Å². The van der Waals surface area contributed by atoms with E-state index in [1.807, 2.05) is 0 Å². The summed E-state index contributed by atoms with van der Waals surface area (Å²) in [6.45, 7) is -0.749. The second-order valence-corrected chi connectivity index (χ2v) is 9.56. The van der Waals surface area contributed by atoms with E-state index in [1.54, 1.807) is 6.20 Å². The maximum absolute atomic E-state index is 12.7. The molecule has 0 aliphatic carbocycles. The number of aromatic nitrogens is 2. The minimum absolute atomic E-state index is 0.0451. The number of thioether (sulfide) groups is 1. The first-order valence-electron chi connectivity index (χ1n) is 8.10. The van der Waals surface area contributed by atoms with Crippen LogP contribution in [0, 0.1) is 0 Å². The van der Waals surface area contributed by atoms with E-state index in [0.717, 1.165) is 4.90 Å². The zero-order chi connectivity index (χ0) is 20.3. The molecule has 1 aliphatic rings. The Bertz CT molecular complexity index is 1010. The lowest BCUT2D eigenvalue weighted by molar-refractivity contribution is -0.117. The number of benzene rings is 1. The Hall–Kier alpha value is -1.62. The van der Waals surface area contributed by atoms with Gasteiger partial charge in [-0.2, -0.15) is 0 Å². The summed E-state index contributed by atoms with van der Waals surface area (Å²) in [4.78, 5) is 21.7. The molecule has 0 fully saturated rings. The van der Waals surface area contributed by atoms with Crippen molar-refractivity contribution in [2.24, 2.45) is 0 Å². The standard InChI is InChI=1S/C16H15Cl2FN4O3S2/c17-10-2-3-11(23-28(25,26)5-1-4-19)13(18)15(10)22-16(24)9-7-27-12-6-20-8-21-14(9)12/h2-3,6,8-9,23H,1,4-5,7H2,(H,22,24). The highest BCUT2D eigenvalue weighted by Crippen LogP contribution is 2.41. The van der Waals surface area contributed by atoms with Crippen molar-refractivity contribution in [3.05, 3.63) is 40.4 Å². The lowest BCUT2D eigenvalue weighted by atomic mass is 10.1. The molecule has 0 saturated carbocycles. The Morgan fingerprint density at radius 2 is 2.14 bits per heavy atom. The Kier molecular flexibility index (Phi) is 6.64. The van der Waals surface area contributed by atoms with Gasteiger partial charge in [0.05, 0.1) is 45.5 Å². The van der Waals surface area contributed by atoms with Crippen LogP contribution in [-0.2, 0) is 14.8 Å². The van der Waals surface area contributed by atoms with Gasteiger partial charge >= 0.3 is 0 Å². The molecule has 150 valence electrons. The highest BCUT2D eigenvalue weighted by molar-refractivity contribution is 7.99. The highest BCUT2D eigenvalue weighted by Gasteiger charge is 2.32. The summed E-state index contributed by atoms with van der Waals surface area (Å²) < 4.78 is 38.6. The molecule has 1 amide bonds. The number of hydrogen-bond donors (Lipinski definition) is 2. The molecule has 0 saturated heterocycles. The molecule has 7 nitrogen and oxygen atoms in total. The SMILES string of the molecule is O=C(Nc1c(Cl)ccc(NS(=O)(=O)CCCF)c1Cl)C1CSc2cncnc21. The van der Waals surface area contributed by atoms with E-state index in [-0.39, 0.29) is 39.5 Å². The number of halogens is 3. The molecule has 0 spiro atoms. The summed E-state index contributed by atoms with van der Waals surface area (Å²) in [5, 5.41) is 2.75. The van der Waals surface area contributed by atoms with Crippen LogP contribution in [0.15, 0.2) is 29.6 Å². The van der Waals surface area contributed by atoms with Crippen LogP contribution in [0.5, 0.6) is 0 Å². The van der Waals surface area contributed by atoms with E-state index in [0.29, 0.717) is 11.4 Å². The molecule has 1 atom stereocenters. The number of fused-ring (bicyclic) bond motifs is 1. The Balaban J connectivity index is 1.82. The van der Waals surface area contributed by atoms with E-state index >= 15 is 0 Å². The number of anilines is 2. The molecule has 12 heteroatoms. The number of alkyl halides is 1. The Labute approximate surface area is 175 Å². The molecule has 28 heavy (non-hydrogen) atoms. The highest BCUT2D eigenvalue weighted by atomic mass is 35.5. The molecule has 1 aromatic heterocycles. The van der Waals surface area contributed by atoms with E-state index in [1.165, 1.54) is 30.2 Å². The second kappa shape index (κ2) is 8.81. The third-order valence-corrected chi connectivity index (χ3v) is 7.10. The van der Waals surface area contributed by atoms with Crippen molar-refractivity contribution < 1.29 is 17.6 Å². The van der Waals surface area contributed by atoms with Crippen LogP contribution in [0.25, 0.3) is 0 Å².